The lowest BCUT2D eigenvalue weighted by Gasteiger charge is -2.36. The zero-order chi connectivity index (χ0) is 30.1. The summed E-state index contributed by atoms with van der Waals surface area (Å²) in [6.07, 6.45) is 2.08. The monoisotopic (exact) mass is 640 g/mol. The summed E-state index contributed by atoms with van der Waals surface area (Å²) in [7, 11) is 0. The standard InChI is InChI=1S/C35H32N2O2S4/c1-21-10-12-24(13-11-21)33-23(3)34-29-18-26(36-43-32-17-16-31(42-32)41-27-8-6-5-7-9-27)15-14-25(29)20-37(40-4)35(34)22(2)28(33)19-30(38)39/h5-18,36H,19-20H2,1-4H3,(H,38,39). The predicted molar refractivity (Wildman–Crippen MR) is 187 cm³/mol. The number of hydrogen-bond donors (Lipinski definition) is 2. The Morgan fingerprint density at radius 1 is 0.907 bits per heavy atom. The van der Waals surface area contributed by atoms with Gasteiger partial charge < -0.3 is 14.1 Å². The van der Waals surface area contributed by atoms with Crippen LogP contribution in [-0.4, -0.2) is 17.3 Å². The van der Waals surface area contributed by atoms with E-state index in [0.717, 1.165) is 45.7 Å². The van der Waals surface area contributed by atoms with E-state index in [1.54, 1.807) is 47.0 Å². The number of aliphatic carboxylic acids is 1. The Labute approximate surface area is 270 Å². The van der Waals surface area contributed by atoms with Crippen LogP contribution >= 0.6 is 47.0 Å². The van der Waals surface area contributed by atoms with Crippen molar-refractivity contribution in [2.45, 2.75) is 47.1 Å². The van der Waals surface area contributed by atoms with Crippen LogP contribution in [0.2, 0.25) is 0 Å². The van der Waals surface area contributed by atoms with Crippen molar-refractivity contribution in [1.82, 2.24) is 0 Å². The summed E-state index contributed by atoms with van der Waals surface area (Å²) in [5, 5.41) is 9.92. The molecule has 4 aromatic carbocycles. The average Bonchev–Trinajstić information content (AvgIpc) is 3.46. The number of thiophene rings is 1. The zero-order valence-corrected chi connectivity index (χ0v) is 27.7. The van der Waals surface area contributed by atoms with Crippen molar-refractivity contribution < 1.29 is 9.90 Å². The number of anilines is 2. The van der Waals surface area contributed by atoms with Crippen LogP contribution in [0, 0.1) is 20.8 Å². The van der Waals surface area contributed by atoms with Crippen LogP contribution in [-0.2, 0) is 17.8 Å². The molecule has 8 heteroatoms. The normalized spacial score (nSPS) is 12.1. The average molecular weight is 641 g/mol. The molecule has 0 unspecified atom stereocenters. The summed E-state index contributed by atoms with van der Waals surface area (Å²) < 4.78 is 8.37. The fraction of sp³-hybridized carbons (Fsp3) is 0.171. The third-order valence-corrected chi connectivity index (χ3v) is 11.7. The molecule has 0 fully saturated rings. The van der Waals surface area contributed by atoms with Gasteiger partial charge in [-0.15, -0.1) is 11.3 Å². The number of nitrogens with one attached hydrogen (secondary N) is 1. The van der Waals surface area contributed by atoms with Gasteiger partial charge in [-0.25, -0.2) is 0 Å². The minimum atomic E-state index is -0.815. The van der Waals surface area contributed by atoms with Gasteiger partial charge >= 0.3 is 5.97 Å². The van der Waals surface area contributed by atoms with E-state index in [9.17, 15) is 9.90 Å². The first-order valence-electron chi connectivity index (χ1n) is 14.0. The van der Waals surface area contributed by atoms with Gasteiger partial charge in [0.25, 0.3) is 0 Å². The van der Waals surface area contributed by atoms with E-state index in [4.69, 9.17) is 0 Å². The van der Waals surface area contributed by atoms with E-state index >= 15 is 0 Å². The summed E-state index contributed by atoms with van der Waals surface area (Å²) in [5.74, 6) is -0.815. The van der Waals surface area contributed by atoms with Gasteiger partial charge in [0, 0.05) is 22.4 Å². The van der Waals surface area contributed by atoms with Crippen molar-refractivity contribution in [1.29, 1.82) is 0 Å². The Balaban J connectivity index is 1.38. The molecule has 0 saturated heterocycles. The lowest BCUT2D eigenvalue weighted by molar-refractivity contribution is -0.136. The first-order chi connectivity index (χ1) is 20.8. The Kier molecular flexibility index (Phi) is 8.82. The number of aryl methyl sites for hydroxylation is 1. The van der Waals surface area contributed by atoms with E-state index in [-0.39, 0.29) is 6.42 Å². The number of fused-ring (bicyclic) bond motifs is 3. The number of nitrogens with zero attached hydrogens (tertiary/aromatic N) is 1. The molecule has 4 nitrogen and oxygen atoms in total. The molecule has 2 N–H and O–H groups in total. The largest absolute Gasteiger partial charge is 0.481 e. The Bertz CT molecular complexity index is 1800. The second kappa shape index (κ2) is 12.7. The Morgan fingerprint density at radius 2 is 1.65 bits per heavy atom. The highest BCUT2D eigenvalue weighted by molar-refractivity contribution is 8.04. The fourth-order valence-electron chi connectivity index (χ4n) is 5.70. The second-order valence-corrected chi connectivity index (χ2v) is 14.9. The molecular weight excluding hydrogens is 609 g/mol. The maximum absolute atomic E-state index is 12.1. The Morgan fingerprint density at radius 3 is 2.37 bits per heavy atom. The second-order valence-electron chi connectivity index (χ2n) is 10.5. The third-order valence-electron chi connectivity index (χ3n) is 7.72. The van der Waals surface area contributed by atoms with E-state index in [0.29, 0.717) is 0 Å². The number of carbonyl (C=O) groups is 1. The molecule has 2 heterocycles. The quantitative estimate of drug-likeness (QED) is 0.156. The summed E-state index contributed by atoms with van der Waals surface area (Å²) in [6, 6.07) is 29.9. The molecule has 0 bridgehead atoms. The van der Waals surface area contributed by atoms with Crippen LogP contribution in [0.5, 0.6) is 0 Å². The first kappa shape index (κ1) is 29.8. The van der Waals surface area contributed by atoms with E-state index < -0.39 is 5.97 Å². The van der Waals surface area contributed by atoms with Gasteiger partial charge in [-0.2, -0.15) is 0 Å². The van der Waals surface area contributed by atoms with Gasteiger partial charge in [0.05, 0.1) is 27.1 Å². The molecule has 43 heavy (non-hydrogen) atoms. The van der Waals surface area contributed by atoms with Gasteiger partial charge in [0.15, 0.2) is 0 Å². The van der Waals surface area contributed by atoms with Gasteiger partial charge in [-0.1, -0.05) is 77.8 Å². The molecule has 1 aliphatic heterocycles. The van der Waals surface area contributed by atoms with E-state index in [1.807, 2.05) is 6.07 Å². The molecule has 0 radical (unpaired) electrons. The van der Waals surface area contributed by atoms with Crippen LogP contribution in [0.4, 0.5) is 11.4 Å². The van der Waals surface area contributed by atoms with Crippen molar-refractivity contribution in [3.05, 3.63) is 113 Å². The maximum Gasteiger partial charge on any atom is 0.307 e. The minimum absolute atomic E-state index is 0.0121. The molecule has 0 spiro atoms. The molecule has 0 saturated carbocycles. The molecule has 218 valence electrons. The van der Waals surface area contributed by atoms with Crippen LogP contribution in [0.25, 0.3) is 22.3 Å². The van der Waals surface area contributed by atoms with Gasteiger partial charge in [-0.05, 0) is 108 Å². The summed E-state index contributed by atoms with van der Waals surface area (Å²) in [5.41, 5.74) is 12.1. The fourth-order valence-corrected chi connectivity index (χ4v) is 9.43. The molecular formula is C35H32N2O2S4. The third kappa shape index (κ3) is 6.20. The Hall–Kier alpha value is -3.30. The smallest absolute Gasteiger partial charge is 0.307 e. The van der Waals surface area contributed by atoms with Crippen molar-refractivity contribution in [3.63, 3.8) is 0 Å². The molecule has 6 rings (SSSR count). The first-order valence-corrected chi connectivity index (χ1v) is 17.6. The van der Waals surface area contributed by atoms with Crippen LogP contribution in [0.15, 0.2) is 98.2 Å². The van der Waals surface area contributed by atoms with Gasteiger partial charge in [0.2, 0.25) is 0 Å². The minimum Gasteiger partial charge on any atom is -0.481 e. The zero-order valence-electron chi connectivity index (χ0n) is 24.4. The number of hydrogen-bond acceptors (Lipinski definition) is 7. The van der Waals surface area contributed by atoms with Crippen molar-refractivity contribution >= 4 is 64.3 Å². The molecule has 1 aromatic heterocycles. The summed E-state index contributed by atoms with van der Waals surface area (Å²) in [4.78, 5) is 13.3. The predicted octanol–water partition coefficient (Wildman–Crippen LogP) is 10.5. The van der Waals surface area contributed by atoms with Crippen LogP contribution in [0.1, 0.15) is 27.8 Å². The molecule has 0 atom stereocenters. The highest BCUT2D eigenvalue weighted by Gasteiger charge is 2.30. The van der Waals surface area contributed by atoms with E-state index in [1.165, 1.54) is 35.6 Å². The van der Waals surface area contributed by atoms with Gasteiger partial charge in [0.1, 0.15) is 0 Å². The number of benzene rings is 4. The maximum atomic E-state index is 12.1. The lowest BCUT2D eigenvalue weighted by Crippen LogP contribution is -2.22. The van der Waals surface area contributed by atoms with Crippen molar-refractivity contribution in [2.75, 3.05) is 15.3 Å². The highest BCUT2D eigenvalue weighted by Crippen LogP contribution is 2.51. The topological polar surface area (TPSA) is 52.6 Å². The molecule has 0 aliphatic carbocycles. The highest BCUT2D eigenvalue weighted by atomic mass is 32.2. The van der Waals surface area contributed by atoms with Gasteiger partial charge in [-0.3, -0.25) is 4.79 Å². The molecule has 5 aromatic rings. The summed E-state index contributed by atoms with van der Waals surface area (Å²) in [6.45, 7) is 7.07. The van der Waals surface area contributed by atoms with E-state index in [2.05, 4.69) is 115 Å². The number of rotatable bonds is 9. The van der Waals surface area contributed by atoms with Crippen LogP contribution < -0.4 is 9.03 Å². The van der Waals surface area contributed by atoms with Crippen LogP contribution in [0.3, 0.4) is 0 Å². The number of carboxylic acid groups (broad SMARTS) is 1. The lowest BCUT2D eigenvalue weighted by atomic mass is 9.81. The van der Waals surface area contributed by atoms with Crippen molar-refractivity contribution in [3.8, 4) is 22.3 Å². The summed E-state index contributed by atoms with van der Waals surface area (Å²) >= 11 is 6.89. The SMILES string of the molecule is CSN1Cc2ccc(NSc3ccc(Sc4ccccc4)s3)cc2-c2c(C)c(-c3ccc(C)cc3)c(CC(=O)O)c(C)c21. The molecule has 1 aliphatic rings. The molecule has 0 amide bonds. The number of carboxylic acids is 1. The van der Waals surface area contributed by atoms with Crippen molar-refractivity contribution in [2.24, 2.45) is 0 Å².